The molecule has 2 N–H and O–H groups in total. The lowest BCUT2D eigenvalue weighted by Gasteiger charge is -2.39. The summed E-state index contributed by atoms with van der Waals surface area (Å²) in [5.41, 5.74) is 7.14. The highest BCUT2D eigenvalue weighted by atomic mass is 35.5. The van der Waals surface area contributed by atoms with Gasteiger partial charge in [-0.3, -0.25) is 4.90 Å². The van der Waals surface area contributed by atoms with Crippen LogP contribution in [0.5, 0.6) is 0 Å². The van der Waals surface area contributed by atoms with E-state index in [4.69, 9.17) is 17.3 Å². The quantitative estimate of drug-likeness (QED) is 0.906. The van der Waals surface area contributed by atoms with Crippen LogP contribution in [0.4, 0.5) is 0 Å². The van der Waals surface area contributed by atoms with Gasteiger partial charge in [0.2, 0.25) is 0 Å². The van der Waals surface area contributed by atoms with Crippen LogP contribution in [0.2, 0.25) is 5.02 Å². The third-order valence-corrected chi connectivity index (χ3v) is 4.50. The van der Waals surface area contributed by atoms with Gasteiger partial charge in [0, 0.05) is 24.2 Å². The van der Waals surface area contributed by atoms with Crippen LogP contribution in [0.1, 0.15) is 31.7 Å². The Balaban J connectivity index is 2.02. The molecule has 1 aliphatic heterocycles. The minimum Gasteiger partial charge on any atom is -0.329 e. The predicted molar refractivity (Wildman–Crippen MR) is 77.7 cm³/mol. The van der Waals surface area contributed by atoms with E-state index in [-0.39, 0.29) is 0 Å². The van der Waals surface area contributed by atoms with E-state index in [9.17, 15) is 0 Å². The second kappa shape index (κ2) is 6.55. The zero-order chi connectivity index (χ0) is 13.0. The number of nitrogens with zero attached hydrogens (tertiary/aromatic N) is 1. The van der Waals surface area contributed by atoms with Gasteiger partial charge in [-0.05, 0) is 36.9 Å². The molecular weight excluding hydrogens is 244 g/mol. The Morgan fingerprint density at radius 1 is 1.39 bits per heavy atom. The van der Waals surface area contributed by atoms with Crippen molar-refractivity contribution < 1.29 is 0 Å². The number of nitrogens with two attached hydrogens (primary N) is 1. The molecule has 0 amide bonds. The fourth-order valence-electron chi connectivity index (χ4n) is 2.85. The van der Waals surface area contributed by atoms with Gasteiger partial charge >= 0.3 is 0 Å². The molecule has 3 heteroatoms. The molecule has 1 heterocycles. The van der Waals surface area contributed by atoms with Crippen molar-refractivity contribution in [2.45, 2.75) is 38.8 Å². The summed E-state index contributed by atoms with van der Waals surface area (Å²) < 4.78 is 0. The van der Waals surface area contributed by atoms with Crippen molar-refractivity contribution >= 4 is 11.6 Å². The summed E-state index contributed by atoms with van der Waals surface area (Å²) in [5, 5.41) is 0.867. The van der Waals surface area contributed by atoms with Crippen molar-refractivity contribution in [2.75, 3.05) is 13.1 Å². The molecule has 2 atom stereocenters. The minimum absolute atomic E-state index is 0.514. The van der Waals surface area contributed by atoms with Gasteiger partial charge in [0.25, 0.3) is 0 Å². The Morgan fingerprint density at radius 2 is 2.17 bits per heavy atom. The monoisotopic (exact) mass is 266 g/mol. The molecule has 1 aromatic carbocycles. The van der Waals surface area contributed by atoms with Crippen molar-refractivity contribution in [3.63, 3.8) is 0 Å². The average molecular weight is 267 g/mol. The van der Waals surface area contributed by atoms with Crippen LogP contribution in [0.3, 0.4) is 0 Å². The van der Waals surface area contributed by atoms with Crippen LogP contribution in [-0.4, -0.2) is 24.0 Å². The number of likely N-dealkylation sites (tertiary alicyclic amines) is 1. The molecule has 0 aromatic heterocycles. The van der Waals surface area contributed by atoms with E-state index < -0.39 is 0 Å². The Labute approximate surface area is 115 Å². The fraction of sp³-hybridized carbons (Fsp3) is 0.600. The molecule has 2 nitrogen and oxygen atoms in total. The third-order valence-electron chi connectivity index (χ3n) is 4.13. The lowest BCUT2D eigenvalue weighted by Crippen LogP contribution is -2.46. The maximum atomic E-state index is 6.23. The minimum atomic E-state index is 0.514. The smallest absolute Gasteiger partial charge is 0.0451 e. The van der Waals surface area contributed by atoms with Crippen molar-refractivity contribution in [1.29, 1.82) is 0 Å². The van der Waals surface area contributed by atoms with Gasteiger partial charge in [0.1, 0.15) is 0 Å². The van der Waals surface area contributed by atoms with Gasteiger partial charge in [-0.15, -0.1) is 0 Å². The SMILES string of the molecule is CCC1CCN(Cc2ccccc2Cl)C(CN)C1. The Morgan fingerprint density at radius 3 is 2.83 bits per heavy atom. The van der Waals surface area contributed by atoms with Gasteiger partial charge < -0.3 is 5.73 Å². The molecule has 18 heavy (non-hydrogen) atoms. The summed E-state index contributed by atoms with van der Waals surface area (Å²) >= 11 is 6.23. The van der Waals surface area contributed by atoms with Crippen LogP contribution < -0.4 is 5.73 Å². The molecule has 0 radical (unpaired) electrons. The number of hydrogen-bond donors (Lipinski definition) is 1. The summed E-state index contributed by atoms with van der Waals surface area (Å²) in [5.74, 6) is 0.848. The molecule has 100 valence electrons. The zero-order valence-electron chi connectivity index (χ0n) is 11.1. The van der Waals surface area contributed by atoms with Crippen molar-refractivity contribution in [1.82, 2.24) is 4.90 Å². The van der Waals surface area contributed by atoms with Crippen molar-refractivity contribution in [2.24, 2.45) is 11.7 Å². The van der Waals surface area contributed by atoms with Gasteiger partial charge in [0.15, 0.2) is 0 Å². The number of halogens is 1. The second-order valence-electron chi connectivity index (χ2n) is 5.25. The van der Waals surface area contributed by atoms with E-state index in [1.807, 2.05) is 12.1 Å². The molecule has 1 saturated heterocycles. The van der Waals surface area contributed by atoms with Crippen LogP contribution in [0.15, 0.2) is 24.3 Å². The van der Waals surface area contributed by atoms with Crippen LogP contribution in [0.25, 0.3) is 0 Å². The molecule has 0 bridgehead atoms. The normalized spacial score (nSPS) is 25.3. The van der Waals surface area contributed by atoms with Gasteiger partial charge in [-0.1, -0.05) is 43.1 Å². The molecule has 1 fully saturated rings. The fourth-order valence-corrected chi connectivity index (χ4v) is 3.05. The zero-order valence-corrected chi connectivity index (χ0v) is 11.9. The van der Waals surface area contributed by atoms with E-state index in [0.717, 1.165) is 30.6 Å². The van der Waals surface area contributed by atoms with Crippen LogP contribution >= 0.6 is 11.6 Å². The van der Waals surface area contributed by atoms with Gasteiger partial charge in [0.05, 0.1) is 0 Å². The highest BCUT2D eigenvalue weighted by Crippen LogP contribution is 2.27. The standard InChI is InChI=1S/C15H23ClN2/c1-2-12-7-8-18(14(9-12)10-17)11-13-5-3-4-6-15(13)16/h3-6,12,14H,2,7-11,17H2,1H3. The summed E-state index contributed by atoms with van der Waals surface area (Å²) in [6.07, 6.45) is 3.80. The van der Waals surface area contributed by atoms with Crippen LogP contribution in [0, 0.1) is 5.92 Å². The molecule has 2 rings (SSSR count). The van der Waals surface area contributed by atoms with Gasteiger partial charge in [-0.25, -0.2) is 0 Å². The average Bonchev–Trinajstić information content (AvgIpc) is 2.41. The predicted octanol–water partition coefficient (Wildman–Crippen LogP) is 3.29. The van der Waals surface area contributed by atoms with E-state index >= 15 is 0 Å². The molecular formula is C15H23ClN2. The third kappa shape index (κ3) is 3.25. The summed E-state index contributed by atoms with van der Waals surface area (Å²) in [6.45, 7) is 5.10. The molecule has 0 aliphatic carbocycles. The first kappa shape index (κ1) is 13.9. The van der Waals surface area contributed by atoms with E-state index in [0.29, 0.717) is 6.04 Å². The Kier molecular flexibility index (Phi) is 5.04. The molecule has 1 aliphatic rings. The molecule has 0 spiro atoms. The largest absolute Gasteiger partial charge is 0.329 e. The van der Waals surface area contributed by atoms with Crippen LogP contribution in [-0.2, 0) is 6.54 Å². The summed E-state index contributed by atoms with van der Waals surface area (Å²) in [6, 6.07) is 8.63. The highest BCUT2D eigenvalue weighted by Gasteiger charge is 2.26. The lowest BCUT2D eigenvalue weighted by molar-refractivity contribution is 0.107. The molecule has 1 aromatic rings. The second-order valence-corrected chi connectivity index (χ2v) is 5.66. The lowest BCUT2D eigenvalue weighted by atomic mass is 9.88. The maximum absolute atomic E-state index is 6.23. The Bertz CT molecular complexity index is 381. The Hall–Kier alpha value is -0.570. The van der Waals surface area contributed by atoms with E-state index in [2.05, 4.69) is 24.0 Å². The van der Waals surface area contributed by atoms with E-state index in [1.54, 1.807) is 0 Å². The number of piperidine rings is 1. The van der Waals surface area contributed by atoms with Crippen molar-refractivity contribution in [3.8, 4) is 0 Å². The number of hydrogen-bond acceptors (Lipinski definition) is 2. The summed E-state index contributed by atoms with van der Waals surface area (Å²) in [4.78, 5) is 2.49. The number of rotatable bonds is 4. The van der Waals surface area contributed by atoms with E-state index in [1.165, 1.54) is 24.8 Å². The maximum Gasteiger partial charge on any atom is 0.0451 e. The highest BCUT2D eigenvalue weighted by molar-refractivity contribution is 6.31. The molecule has 2 unspecified atom stereocenters. The first-order chi connectivity index (χ1) is 8.74. The van der Waals surface area contributed by atoms with Gasteiger partial charge in [-0.2, -0.15) is 0 Å². The molecule has 0 saturated carbocycles. The first-order valence-corrected chi connectivity index (χ1v) is 7.30. The van der Waals surface area contributed by atoms with Crippen molar-refractivity contribution in [3.05, 3.63) is 34.9 Å². The summed E-state index contributed by atoms with van der Waals surface area (Å²) in [7, 11) is 0. The first-order valence-electron chi connectivity index (χ1n) is 6.92. The number of benzene rings is 1. The topological polar surface area (TPSA) is 29.3 Å².